The highest BCUT2D eigenvalue weighted by Gasteiger charge is 2.50. The first kappa shape index (κ1) is 19.7. The molecule has 2 saturated heterocycles. The van der Waals surface area contributed by atoms with Crippen LogP contribution in [0.15, 0.2) is 24.3 Å². The molecule has 7 heteroatoms. The molecule has 3 atom stereocenters. The molecule has 0 aromatic heterocycles. The summed E-state index contributed by atoms with van der Waals surface area (Å²) in [6, 6.07) is 6.51. The van der Waals surface area contributed by atoms with Gasteiger partial charge in [-0.3, -0.25) is 14.5 Å². The first-order valence-corrected chi connectivity index (χ1v) is 10.5. The van der Waals surface area contributed by atoms with Crippen LogP contribution in [0.2, 0.25) is 0 Å². The Bertz CT molecular complexity index is 809. The van der Waals surface area contributed by atoms with Crippen LogP contribution >= 0.6 is 0 Å². The summed E-state index contributed by atoms with van der Waals surface area (Å²) in [4.78, 5) is 41.4. The molecule has 0 bridgehead atoms. The predicted octanol–water partition coefficient (Wildman–Crippen LogP) is 2.50. The van der Waals surface area contributed by atoms with E-state index >= 15 is 0 Å². The fourth-order valence-electron chi connectivity index (χ4n) is 5.02. The number of carbonyl (C=O) groups is 3. The Morgan fingerprint density at radius 2 is 1.83 bits per heavy atom. The van der Waals surface area contributed by atoms with Crippen LogP contribution in [0.25, 0.3) is 0 Å². The summed E-state index contributed by atoms with van der Waals surface area (Å²) in [5.74, 6) is 1.43. The van der Waals surface area contributed by atoms with E-state index in [4.69, 9.17) is 4.74 Å². The molecule has 3 aliphatic rings. The molecule has 1 aromatic rings. The van der Waals surface area contributed by atoms with E-state index < -0.39 is 17.5 Å². The highest BCUT2D eigenvalue weighted by atomic mass is 16.5. The standard InChI is InChI=1S/C22H29N3O4/c1-22(17-7-9-18(29-2)10-8-17)20(27)25(21(28)23-22)14-19(26)24-12-11-15-5-3-4-6-16(15)13-24/h7-10,15-16H,3-6,11-14H2,1-2H3,(H,23,28)/t15-,16+,22+/m0/s1. The molecule has 1 N–H and O–H groups in total. The largest absolute Gasteiger partial charge is 0.497 e. The average molecular weight is 399 g/mol. The zero-order valence-corrected chi connectivity index (χ0v) is 17.1. The molecule has 7 nitrogen and oxygen atoms in total. The summed E-state index contributed by atoms with van der Waals surface area (Å²) in [6.07, 6.45) is 5.99. The van der Waals surface area contributed by atoms with Crippen LogP contribution in [0.3, 0.4) is 0 Å². The Balaban J connectivity index is 1.44. The number of likely N-dealkylation sites (tertiary alicyclic amines) is 1. The fourth-order valence-corrected chi connectivity index (χ4v) is 5.02. The number of piperidine rings is 1. The third-order valence-electron chi connectivity index (χ3n) is 6.88. The van der Waals surface area contributed by atoms with Gasteiger partial charge in [0.05, 0.1) is 7.11 Å². The van der Waals surface area contributed by atoms with E-state index in [-0.39, 0.29) is 12.5 Å². The van der Waals surface area contributed by atoms with Gasteiger partial charge >= 0.3 is 6.03 Å². The number of hydrogen-bond donors (Lipinski definition) is 1. The van der Waals surface area contributed by atoms with Gasteiger partial charge in [-0.1, -0.05) is 31.4 Å². The van der Waals surface area contributed by atoms with E-state index in [9.17, 15) is 14.4 Å². The number of rotatable bonds is 4. The van der Waals surface area contributed by atoms with Crippen molar-refractivity contribution >= 4 is 17.8 Å². The van der Waals surface area contributed by atoms with Gasteiger partial charge in [-0.2, -0.15) is 0 Å². The Morgan fingerprint density at radius 3 is 2.52 bits per heavy atom. The van der Waals surface area contributed by atoms with Gasteiger partial charge in [-0.05, 0) is 49.3 Å². The third kappa shape index (κ3) is 3.58. The lowest BCUT2D eigenvalue weighted by Gasteiger charge is -2.41. The first-order valence-electron chi connectivity index (χ1n) is 10.5. The van der Waals surface area contributed by atoms with E-state index in [1.807, 2.05) is 4.90 Å². The van der Waals surface area contributed by atoms with Crippen molar-refractivity contribution in [3.63, 3.8) is 0 Å². The van der Waals surface area contributed by atoms with Crippen LogP contribution in [0.1, 0.15) is 44.6 Å². The van der Waals surface area contributed by atoms with Crippen LogP contribution in [0, 0.1) is 11.8 Å². The monoisotopic (exact) mass is 399 g/mol. The van der Waals surface area contributed by atoms with Crippen LogP contribution < -0.4 is 10.1 Å². The maximum Gasteiger partial charge on any atom is 0.325 e. The highest BCUT2D eigenvalue weighted by molar-refractivity contribution is 6.09. The van der Waals surface area contributed by atoms with Crippen molar-refractivity contribution in [2.45, 2.75) is 44.6 Å². The number of fused-ring (bicyclic) bond motifs is 1. The predicted molar refractivity (Wildman–Crippen MR) is 107 cm³/mol. The second-order valence-electron chi connectivity index (χ2n) is 8.61. The van der Waals surface area contributed by atoms with Gasteiger partial charge in [0.15, 0.2) is 0 Å². The maximum atomic E-state index is 13.1. The zero-order chi connectivity index (χ0) is 20.6. The number of benzene rings is 1. The summed E-state index contributed by atoms with van der Waals surface area (Å²) in [6.45, 7) is 2.95. The first-order chi connectivity index (χ1) is 13.9. The summed E-state index contributed by atoms with van der Waals surface area (Å²) >= 11 is 0. The van der Waals surface area contributed by atoms with Gasteiger partial charge in [0.1, 0.15) is 17.8 Å². The molecule has 0 radical (unpaired) electrons. The van der Waals surface area contributed by atoms with Gasteiger partial charge < -0.3 is 15.0 Å². The summed E-state index contributed by atoms with van der Waals surface area (Å²) in [5, 5.41) is 2.76. The molecule has 3 fully saturated rings. The van der Waals surface area contributed by atoms with Crippen LogP contribution in [-0.2, 0) is 15.1 Å². The lowest BCUT2D eigenvalue weighted by atomic mass is 9.75. The van der Waals surface area contributed by atoms with Crippen molar-refractivity contribution in [3.8, 4) is 5.75 Å². The van der Waals surface area contributed by atoms with Crippen molar-refractivity contribution in [1.29, 1.82) is 0 Å². The van der Waals surface area contributed by atoms with E-state index in [1.54, 1.807) is 38.3 Å². The van der Waals surface area contributed by atoms with E-state index in [0.717, 1.165) is 30.3 Å². The minimum absolute atomic E-state index is 0.142. The Morgan fingerprint density at radius 1 is 1.14 bits per heavy atom. The number of urea groups is 1. The van der Waals surface area contributed by atoms with Crippen LogP contribution in [0.4, 0.5) is 4.79 Å². The number of imide groups is 1. The van der Waals surface area contributed by atoms with Crippen molar-refractivity contribution < 1.29 is 19.1 Å². The van der Waals surface area contributed by atoms with Gasteiger partial charge in [0.25, 0.3) is 5.91 Å². The third-order valence-corrected chi connectivity index (χ3v) is 6.88. The molecular weight excluding hydrogens is 370 g/mol. The molecule has 4 amide bonds. The molecule has 2 heterocycles. The topological polar surface area (TPSA) is 79.0 Å². The molecule has 2 aliphatic heterocycles. The Hall–Kier alpha value is -2.57. The van der Waals surface area contributed by atoms with Gasteiger partial charge in [0, 0.05) is 13.1 Å². The molecule has 29 heavy (non-hydrogen) atoms. The summed E-state index contributed by atoms with van der Waals surface area (Å²) in [5.41, 5.74) is -0.519. The molecule has 1 aliphatic carbocycles. The van der Waals surface area contributed by atoms with Crippen molar-refractivity contribution in [3.05, 3.63) is 29.8 Å². The number of nitrogens with zero attached hydrogens (tertiary/aromatic N) is 2. The average Bonchev–Trinajstić information content (AvgIpc) is 2.97. The lowest BCUT2D eigenvalue weighted by Crippen LogP contribution is -2.49. The molecule has 0 spiro atoms. The lowest BCUT2D eigenvalue weighted by molar-refractivity contribution is -0.140. The fraction of sp³-hybridized carbons (Fsp3) is 0.591. The molecular formula is C22H29N3O4. The number of hydrogen-bond acceptors (Lipinski definition) is 4. The molecule has 4 rings (SSSR count). The zero-order valence-electron chi connectivity index (χ0n) is 17.1. The summed E-state index contributed by atoms with van der Waals surface area (Å²) < 4.78 is 5.16. The second-order valence-corrected chi connectivity index (χ2v) is 8.61. The number of methoxy groups -OCH3 is 1. The quantitative estimate of drug-likeness (QED) is 0.789. The number of ether oxygens (including phenoxy) is 1. The number of carbonyl (C=O) groups excluding carboxylic acids is 3. The van der Waals surface area contributed by atoms with E-state index in [0.29, 0.717) is 17.2 Å². The summed E-state index contributed by atoms with van der Waals surface area (Å²) in [7, 11) is 1.57. The smallest absolute Gasteiger partial charge is 0.325 e. The normalized spacial score (nSPS) is 29.4. The van der Waals surface area contributed by atoms with Crippen LogP contribution in [-0.4, -0.2) is 54.4 Å². The minimum Gasteiger partial charge on any atom is -0.497 e. The van der Waals surface area contributed by atoms with Crippen LogP contribution in [0.5, 0.6) is 5.75 Å². The SMILES string of the molecule is COc1ccc([C@@]2(C)NC(=O)N(CC(=O)N3CC[C@@H]4CCCC[C@@H]4C3)C2=O)cc1. The van der Waals surface area contributed by atoms with Gasteiger partial charge in [-0.25, -0.2) is 4.79 Å². The Kier molecular flexibility index (Phi) is 5.23. The number of nitrogens with one attached hydrogen (secondary N) is 1. The Labute approximate surface area is 171 Å². The number of amides is 4. The minimum atomic E-state index is -1.18. The second kappa shape index (κ2) is 7.69. The van der Waals surface area contributed by atoms with Crippen molar-refractivity contribution in [1.82, 2.24) is 15.1 Å². The molecule has 0 unspecified atom stereocenters. The highest BCUT2D eigenvalue weighted by Crippen LogP contribution is 2.36. The van der Waals surface area contributed by atoms with Gasteiger partial charge in [0.2, 0.25) is 5.91 Å². The molecule has 1 saturated carbocycles. The van der Waals surface area contributed by atoms with Crippen molar-refractivity contribution in [2.75, 3.05) is 26.7 Å². The van der Waals surface area contributed by atoms with E-state index in [2.05, 4.69) is 5.32 Å². The van der Waals surface area contributed by atoms with E-state index in [1.165, 1.54) is 25.7 Å². The van der Waals surface area contributed by atoms with Gasteiger partial charge in [-0.15, -0.1) is 0 Å². The maximum absolute atomic E-state index is 13.1. The molecule has 156 valence electrons. The molecule has 1 aromatic carbocycles. The van der Waals surface area contributed by atoms with Crippen molar-refractivity contribution in [2.24, 2.45) is 11.8 Å².